The molecule has 1 saturated heterocycles. The number of thioether (sulfide) groups is 1. The number of ether oxygens (including phenoxy) is 4. The van der Waals surface area contributed by atoms with Gasteiger partial charge in [0, 0.05) is 69.7 Å². The number of carbonyl (C=O) groups is 4. The van der Waals surface area contributed by atoms with Crippen LogP contribution < -0.4 is 32.2 Å². The zero-order valence-electron chi connectivity index (χ0n) is 38.3. The topological polar surface area (TPSA) is 302 Å². The molecule has 0 unspecified atom stereocenters. The molecule has 0 bridgehead atoms. The van der Waals surface area contributed by atoms with Crippen LogP contribution in [0.25, 0.3) is 11.0 Å². The van der Waals surface area contributed by atoms with Gasteiger partial charge in [-0.15, -0.1) is 16.9 Å². The molecule has 3 amide bonds. The number of fused-ring (bicyclic) bond motifs is 1. The molecule has 1 aliphatic heterocycles. The first-order valence-electron chi connectivity index (χ1n) is 22.4. The number of methoxy groups -OCH3 is 1. The Bertz CT molecular complexity index is 2190. The third-order valence-corrected chi connectivity index (χ3v) is 12.0. The second kappa shape index (κ2) is 27.8. The molecule has 2 atom stereocenters. The molecule has 9 N–H and O–H groups in total. The van der Waals surface area contributed by atoms with Gasteiger partial charge in [0.25, 0.3) is 0 Å². The first-order valence-corrected chi connectivity index (χ1v) is 23.5. The number of anilines is 2. The molecule has 1 fully saturated rings. The fourth-order valence-electron chi connectivity index (χ4n) is 7.04. The zero-order valence-corrected chi connectivity index (χ0v) is 39.1. The lowest BCUT2D eigenvalue weighted by Gasteiger charge is -2.34. The second-order valence-electron chi connectivity index (χ2n) is 15.8. The molecule has 0 aliphatic carbocycles. The molecule has 4 heterocycles. The van der Waals surface area contributed by atoms with Crippen LogP contribution in [0.5, 0.6) is 5.75 Å². The largest absolute Gasteiger partial charge is 0.496 e. The van der Waals surface area contributed by atoms with Gasteiger partial charge < -0.3 is 66.0 Å². The lowest BCUT2D eigenvalue weighted by atomic mass is 10.1. The minimum Gasteiger partial charge on any atom is -0.496 e. The summed E-state index contributed by atoms with van der Waals surface area (Å²) in [5, 5.41) is 34.1. The molecule has 0 saturated carbocycles. The Morgan fingerprint density at radius 3 is 2.36 bits per heavy atom. The highest BCUT2D eigenvalue weighted by molar-refractivity contribution is 8.00. The quantitative estimate of drug-likeness (QED) is 0.0351. The summed E-state index contributed by atoms with van der Waals surface area (Å²) in [5.74, 6) is -1.36. The van der Waals surface area contributed by atoms with Crippen molar-refractivity contribution in [2.45, 2.75) is 70.1 Å². The summed E-state index contributed by atoms with van der Waals surface area (Å²) in [6, 6.07) is 6.95. The van der Waals surface area contributed by atoms with Crippen molar-refractivity contribution < 1.29 is 48.3 Å². The van der Waals surface area contributed by atoms with Crippen molar-refractivity contribution in [2.24, 2.45) is 5.73 Å². The first kappa shape index (κ1) is 52.2. The van der Waals surface area contributed by atoms with Crippen molar-refractivity contribution in [3.63, 3.8) is 0 Å². The Labute approximate surface area is 393 Å². The Balaban J connectivity index is 0.880. The highest BCUT2D eigenvalue weighted by Crippen LogP contribution is 2.28. The minimum atomic E-state index is -1.25. The van der Waals surface area contributed by atoms with E-state index in [0.717, 1.165) is 90.9 Å². The van der Waals surface area contributed by atoms with Gasteiger partial charge in [0.05, 0.1) is 78.1 Å². The van der Waals surface area contributed by atoms with Crippen LogP contribution >= 0.6 is 11.8 Å². The number of nitrogens with two attached hydrogens (primary N) is 2. The Hall–Kier alpha value is -5.79. The number of unbranched alkanes of at least 4 members (excludes halogenated alkanes) is 2. The summed E-state index contributed by atoms with van der Waals surface area (Å²) in [6.07, 6.45) is 6.62. The van der Waals surface area contributed by atoms with E-state index in [-0.39, 0.29) is 30.7 Å². The number of amides is 3. The first-order chi connectivity index (χ1) is 32.4. The smallest absolute Gasteiger partial charge is 0.321 e. The number of aromatic nitrogens is 6. The van der Waals surface area contributed by atoms with E-state index in [2.05, 4.69) is 70.8 Å². The average molecular weight is 956 g/mol. The van der Waals surface area contributed by atoms with Crippen molar-refractivity contribution >= 4 is 58.4 Å². The lowest BCUT2D eigenvalue weighted by Crippen LogP contribution is -2.51. The van der Waals surface area contributed by atoms with E-state index in [1.165, 1.54) is 0 Å². The molecule has 24 heteroatoms. The summed E-state index contributed by atoms with van der Waals surface area (Å²) in [7, 11) is 1.69. The number of carbonyl (C=O) groups excluding carboxylic acids is 2. The van der Waals surface area contributed by atoms with Crippen LogP contribution in [0.3, 0.4) is 0 Å². The zero-order chi connectivity index (χ0) is 48.0. The van der Waals surface area contributed by atoms with Crippen molar-refractivity contribution in [1.29, 1.82) is 0 Å². The third kappa shape index (κ3) is 17.4. The highest BCUT2D eigenvalue weighted by Gasteiger charge is 2.25. The number of nitrogen functional groups attached to an aromatic ring is 1. The SMILES string of the molecule is CCCCCNc1nc(N)nc2ccn(Cc3ccc(CN4CCN(C(=O)NCCOCCOCCOCCn5cc(CNC(=O)C[C@H](SC[C@H](N)C(=O)O)C(=O)O)nn5)CC4)cc3OC)c12. The van der Waals surface area contributed by atoms with Gasteiger partial charge >= 0.3 is 18.0 Å². The van der Waals surface area contributed by atoms with Crippen LogP contribution in [0, 0.1) is 0 Å². The number of carboxylic acids is 2. The van der Waals surface area contributed by atoms with Crippen molar-refractivity contribution in [1.82, 2.24) is 50.0 Å². The average Bonchev–Trinajstić information content (AvgIpc) is 3.95. The highest BCUT2D eigenvalue weighted by atomic mass is 32.2. The van der Waals surface area contributed by atoms with Crippen molar-refractivity contribution in [2.75, 3.05) is 103 Å². The number of carboxylic acid groups (broad SMARTS) is 2. The minimum absolute atomic E-state index is 0.0441. The van der Waals surface area contributed by atoms with E-state index in [1.807, 2.05) is 17.2 Å². The molecule has 4 aromatic rings. The summed E-state index contributed by atoms with van der Waals surface area (Å²) in [4.78, 5) is 60.5. The molecular formula is C43H65N13O10S. The number of aliphatic carboxylic acids is 2. The van der Waals surface area contributed by atoms with E-state index in [9.17, 15) is 24.3 Å². The van der Waals surface area contributed by atoms with Crippen LogP contribution in [0.15, 0.2) is 36.7 Å². The predicted octanol–water partition coefficient (Wildman–Crippen LogP) is 1.45. The van der Waals surface area contributed by atoms with Gasteiger partial charge in [0.15, 0.2) is 5.82 Å². The number of hydrogen-bond acceptors (Lipinski definition) is 17. The molecule has 5 rings (SSSR count). The second-order valence-corrected chi connectivity index (χ2v) is 17.0. The monoisotopic (exact) mass is 955 g/mol. The van der Waals surface area contributed by atoms with Gasteiger partial charge in [0.1, 0.15) is 28.3 Å². The number of urea groups is 1. The molecule has 1 aliphatic rings. The van der Waals surface area contributed by atoms with E-state index in [4.69, 9.17) is 35.5 Å². The lowest BCUT2D eigenvalue weighted by molar-refractivity contribution is -0.139. The summed E-state index contributed by atoms with van der Waals surface area (Å²) in [6.45, 7) is 10.1. The molecule has 3 aromatic heterocycles. The van der Waals surface area contributed by atoms with E-state index in [0.29, 0.717) is 78.1 Å². The van der Waals surface area contributed by atoms with Crippen LogP contribution in [-0.2, 0) is 54.8 Å². The van der Waals surface area contributed by atoms with Crippen LogP contribution in [0.2, 0.25) is 0 Å². The number of hydrogen-bond donors (Lipinski definition) is 7. The Kier molecular flexibility index (Phi) is 21.6. The van der Waals surface area contributed by atoms with E-state index < -0.39 is 29.1 Å². The van der Waals surface area contributed by atoms with Crippen LogP contribution in [0.1, 0.15) is 49.4 Å². The van der Waals surface area contributed by atoms with Crippen LogP contribution in [0.4, 0.5) is 16.6 Å². The number of nitrogens with one attached hydrogen (secondary N) is 3. The fourth-order valence-corrected chi connectivity index (χ4v) is 8.03. The van der Waals surface area contributed by atoms with Gasteiger partial charge in [-0.05, 0) is 24.1 Å². The molecule has 0 spiro atoms. The summed E-state index contributed by atoms with van der Waals surface area (Å²) in [5.41, 5.74) is 15.8. The normalized spacial score (nSPS) is 13.9. The number of piperazine rings is 1. The standard InChI is InChI=1S/C43H65N13O10S/c1-3-4-5-9-46-39-38-34(49-42(45)50-39)8-11-55(38)27-31-7-6-30(23-35(31)63-2)26-53-12-14-54(15-13-53)43(62)47-10-17-64-19-21-66-22-20-65-18-16-56-28-32(51-52-56)25-48-37(57)24-36(41(60)61)67-29-33(44)40(58)59/h6-8,11,23,28,33,36H,3-5,9-10,12-22,24-27,29,44H2,1-2H3,(H,47,62)(H,48,57)(H,58,59)(H,60,61)(H3,45,46,49,50)/t33-,36-/m0/s1. The molecule has 67 heavy (non-hydrogen) atoms. The molecule has 0 radical (unpaired) electrons. The van der Waals surface area contributed by atoms with Gasteiger partial charge in [-0.1, -0.05) is 37.1 Å². The maximum absolute atomic E-state index is 12.8. The van der Waals surface area contributed by atoms with Crippen molar-refractivity contribution in [3.05, 3.63) is 53.5 Å². The molecular weight excluding hydrogens is 891 g/mol. The predicted molar refractivity (Wildman–Crippen MR) is 251 cm³/mol. The maximum atomic E-state index is 12.8. The van der Waals surface area contributed by atoms with E-state index >= 15 is 0 Å². The number of nitrogens with zero attached hydrogens (tertiary/aromatic N) is 8. The number of benzene rings is 1. The third-order valence-electron chi connectivity index (χ3n) is 10.7. The Morgan fingerprint density at radius 2 is 1.64 bits per heavy atom. The Morgan fingerprint density at radius 1 is 0.896 bits per heavy atom. The summed E-state index contributed by atoms with van der Waals surface area (Å²) < 4.78 is 26.3. The van der Waals surface area contributed by atoms with Gasteiger partial charge in [-0.25, -0.2) is 14.5 Å². The fraction of sp³-hybridized carbons (Fsp3) is 0.581. The molecule has 1 aromatic carbocycles. The maximum Gasteiger partial charge on any atom is 0.321 e. The van der Waals surface area contributed by atoms with Gasteiger partial charge in [-0.3, -0.25) is 19.3 Å². The van der Waals surface area contributed by atoms with Crippen molar-refractivity contribution in [3.8, 4) is 5.75 Å². The molecule has 368 valence electrons. The number of rotatable bonds is 31. The molecule has 23 nitrogen and oxygen atoms in total. The van der Waals surface area contributed by atoms with Gasteiger partial charge in [-0.2, -0.15) is 4.98 Å². The van der Waals surface area contributed by atoms with E-state index in [1.54, 1.807) is 18.0 Å². The van der Waals surface area contributed by atoms with Crippen LogP contribution in [-0.4, -0.2) is 176 Å². The summed E-state index contributed by atoms with van der Waals surface area (Å²) >= 11 is 0.800. The van der Waals surface area contributed by atoms with Gasteiger partial charge in [0.2, 0.25) is 11.9 Å².